The molecule has 1 aliphatic rings. The Labute approximate surface area is 185 Å². The van der Waals surface area contributed by atoms with Crippen LogP contribution in [-0.4, -0.2) is 34.5 Å². The molecule has 1 aromatic carbocycles. The number of hydrogen-bond acceptors (Lipinski definition) is 5. The molecule has 3 amide bonds. The zero-order valence-corrected chi connectivity index (χ0v) is 18.9. The molecule has 3 rings (SSSR count). The SMILES string of the molecule is CC(C)(C)NC(=O)NC1CCCCC1NC(=O)c1csc(COc2ccccc2F)n1. The summed E-state index contributed by atoms with van der Waals surface area (Å²) in [7, 11) is 0. The van der Waals surface area contributed by atoms with Gasteiger partial charge in [-0.3, -0.25) is 4.79 Å². The van der Waals surface area contributed by atoms with Crippen LogP contribution in [0.1, 0.15) is 62.0 Å². The molecule has 2 atom stereocenters. The summed E-state index contributed by atoms with van der Waals surface area (Å²) < 4.78 is 19.1. The van der Waals surface area contributed by atoms with Gasteiger partial charge in [-0.1, -0.05) is 25.0 Å². The summed E-state index contributed by atoms with van der Waals surface area (Å²) in [4.78, 5) is 29.3. The van der Waals surface area contributed by atoms with Crippen molar-refractivity contribution in [1.29, 1.82) is 0 Å². The molecular weight excluding hydrogens is 419 g/mol. The zero-order valence-electron chi connectivity index (χ0n) is 18.0. The average molecular weight is 449 g/mol. The Hall–Kier alpha value is -2.68. The normalized spacial score (nSPS) is 18.8. The topological polar surface area (TPSA) is 92.4 Å². The van der Waals surface area contributed by atoms with Crippen molar-refractivity contribution in [3.05, 3.63) is 46.2 Å². The third kappa shape index (κ3) is 6.92. The Balaban J connectivity index is 1.56. The second kappa shape index (κ2) is 10.1. The number of thiazole rings is 1. The molecule has 2 aromatic rings. The van der Waals surface area contributed by atoms with E-state index in [4.69, 9.17) is 4.74 Å². The van der Waals surface area contributed by atoms with Crippen LogP contribution >= 0.6 is 11.3 Å². The lowest BCUT2D eigenvalue weighted by molar-refractivity contribution is 0.0910. The van der Waals surface area contributed by atoms with E-state index in [9.17, 15) is 14.0 Å². The molecular formula is C22H29FN4O3S. The maximum atomic E-state index is 13.7. The van der Waals surface area contributed by atoms with Gasteiger partial charge in [-0.15, -0.1) is 11.3 Å². The molecule has 31 heavy (non-hydrogen) atoms. The van der Waals surface area contributed by atoms with Crippen molar-refractivity contribution in [2.75, 3.05) is 0 Å². The summed E-state index contributed by atoms with van der Waals surface area (Å²) in [5, 5.41) is 11.1. The van der Waals surface area contributed by atoms with E-state index in [2.05, 4.69) is 20.9 Å². The molecule has 1 heterocycles. The molecule has 1 aromatic heterocycles. The summed E-state index contributed by atoms with van der Waals surface area (Å²) in [5.74, 6) is -0.583. The first-order chi connectivity index (χ1) is 14.7. The van der Waals surface area contributed by atoms with Gasteiger partial charge in [0.15, 0.2) is 11.6 Å². The number of benzene rings is 1. The van der Waals surface area contributed by atoms with Crippen molar-refractivity contribution in [2.24, 2.45) is 0 Å². The second-order valence-corrected chi connectivity index (χ2v) is 9.61. The number of amides is 3. The Morgan fingerprint density at radius 1 is 1.16 bits per heavy atom. The first-order valence-electron chi connectivity index (χ1n) is 10.4. The fourth-order valence-electron chi connectivity index (χ4n) is 3.45. The van der Waals surface area contributed by atoms with E-state index in [0.717, 1.165) is 25.7 Å². The summed E-state index contributed by atoms with van der Waals surface area (Å²) in [6, 6.07) is 5.62. The largest absolute Gasteiger partial charge is 0.483 e. The molecule has 2 unspecified atom stereocenters. The second-order valence-electron chi connectivity index (χ2n) is 8.66. The molecule has 0 spiro atoms. The van der Waals surface area contributed by atoms with E-state index in [-0.39, 0.29) is 41.9 Å². The standard InChI is InChI=1S/C22H29FN4O3S/c1-22(2,3)27-21(29)26-16-10-6-5-9-15(16)25-20(28)17-13-31-19(24-17)12-30-18-11-7-4-8-14(18)23/h4,7-8,11,13,15-16H,5-6,9-10,12H2,1-3H3,(H,25,28)(H2,26,27,29). The monoisotopic (exact) mass is 448 g/mol. The number of para-hydroxylation sites is 1. The number of hydrogen-bond donors (Lipinski definition) is 3. The van der Waals surface area contributed by atoms with Crippen LogP contribution in [0.3, 0.4) is 0 Å². The highest BCUT2D eigenvalue weighted by molar-refractivity contribution is 7.09. The van der Waals surface area contributed by atoms with Crippen LogP contribution in [-0.2, 0) is 6.61 Å². The number of rotatable bonds is 6. The fourth-order valence-corrected chi connectivity index (χ4v) is 4.13. The van der Waals surface area contributed by atoms with E-state index in [1.54, 1.807) is 23.6 Å². The molecule has 0 aliphatic heterocycles. The van der Waals surface area contributed by atoms with Gasteiger partial charge in [0.25, 0.3) is 5.91 Å². The number of nitrogens with one attached hydrogen (secondary N) is 3. The maximum Gasteiger partial charge on any atom is 0.315 e. The molecule has 0 bridgehead atoms. The minimum absolute atomic E-state index is 0.0828. The van der Waals surface area contributed by atoms with Crippen molar-refractivity contribution in [2.45, 2.75) is 70.7 Å². The van der Waals surface area contributed by atoms with Gasteiger partial charge in [0.1, 0.15) is 17.3 Å². The Kier molecular flexibility index (Phi) is 7.48. The first-order valence-corrected chi connectivity index (χ1v) is 11.3. The number of halogens is 1. The molecule has 168 valence electrons. The molecule has 1 saturated carbocycles. The van der Waals surface area contributed by atoms with Gasteiger partial charge in [-0.05, 0) is 45.7 Å². The summed E-state index contributed by atoms with van der Waals surface area (Å²) in [6.07, 6.45) is 3.59. The van der Waals surface area contributed by atoms with E-state index >= 15 is 0 Å². The van der Waals surface area contributed by atoms with Crippen LogP contribution in [0.5, 0.6) is 5.75 Å². The third-order valence-corrected chi connectivity index (χ3v) is 5.68. The Morgan fingerprint density at radius 3 is 2.52 bits per heavy atom. The van der Waals surface area contributed by atoms with Crippen molar-refractivity contribution in [3.8, 4) is 5.75 Å². The molecule has 7 nitrogen and oxygen atoms in total. The van der Waals surface area contributed by atoms with Crippen LogP contribution < -0.4 is 20.7 Å². The number of aromatic nitrogens is 1. The summed E-state index contributed by atoms with van der Waals surface area (Å²) in [6.45, 7) is 5.84. The fraction of sp³-hybridized carbons (Fsp3) is 0.500. The van der Waals surface area contributed by atoms with E-state index in [1.807, 2.05) is 20.8 Å². The first kappa shape index (κ1) is 23.0. The van der Waals surface area contributed by atoms with E-state index in [1.165, 1.54) is 17.4 Å². The lowest BCUT2D eigenvalue weighted by Gasteiger charge is -2.33. The van der Waals surface area contributed by atoms with Gasteiger partial charge in [0.05, 0.1) is 6.04 Å². The number of nitrogens with zero attached hydrogens (tertiary/aromatic N) is 1. The molecule has 9 heteroatoms. The van der Waals surface area contributed by atoms with Crippen LogP contribution in [0, 0.1) is 5.82 Å². The van der Waals surface area contributed by atoms with Gasteiger partial charge in [-0.25, -0.2) is 14.2 Å². The molecule has 0 saturated heterocycles. The van der Waals surface area contributed by atoms with Crippen LogP contribution in [0.15, 0.2) is 29.6 Å². The Morgan fingerprint density at radius 2 is 1.84 bits per heavy atom. The lowest BCUT2D eigenvalue weighted by Crippen LogP contribution is -2.57. The van der Waals surface area contributed by atoms with Gasteiger partial charge in [0.2, 0.25) is 0 Å². The number of urea groups is 1. The summed E-state index contributed by atoms with van der Waals surface area (Å²) in [5.41, 5.74) is -0.0419. The highest BCUT2D eigenvalue weighted by Gasteiger charge is 2.29. The number of ether oxygens (including phenoxy) is 1. The molecule has 1 fully saturated rings. The van der Waals surface area contributed by atoms with Crippen molar-refractivity contribution >= 4 is 23.3 Å². The van der Waals surface area contributed by atoms with Gasteiger partial charge in [0, 0.05) is 17.0 Å². The average Bonchev–Trinajstić information content (AvgIpc) is 3.16. The number of carbonyl (C=O) groups excluding carboxylic acids is 2. The maximum absolute atomic E-state index is 13.7. The van der Waals surface area contributed by atoms with Crippen LogP contribution in [0.2, 0.25) is 0 Å². The predicted molar refractivity (Wildman–Crippen MR) is 118 cm³/mol. The predicted octanol–water partition coefficient (Wildman–Crippen LogP) is 4.00. The van der Waals surface area contributed by atoms with Gasteiger partial charge in [-0.2, -0.15) is 0 Å². The van der Waals surface area contributed by atoms with Gasteiger partial charge < -0.3 is 20.7 Å². The Bertz CT molecular complexity index is 912. The summed E-state index contributed by atoms with van der Waals surface area (Å²) >= 11 is 1.28. The quantitative estimate of drug-likeness (QED) is 0.623. The van der Waals surface area contributed by atoms with Crippen LogP contribution in [0.25, 0.3) is 0 Å². The van der Waals surface area contributed by atoms with Crippen molar-refractivity contribution in [1.82, 2.24) is 20.9 Å². The van der Waals surface area contributed by atoms with Crippen molar-refractivity contribution in [3.63, 3.8) is 0 Å². The highest BCUT2D eigenvalue weighted by atomic mass is 32.1. The van der Waals surface area contributed by atoms with E-state index < -0.39 is 5.82 Å². The smallest absolute Gasteiger partial charge is 0.315 e. The lowest BCUT2D eigenvalue weighted by atomic mass is 9.90. The van der Waals surface area contributed by atoms with Crippen molar-refractivity contribution < 1.29 is 18.7 Å². The van der Waals surface area contributed by atoms with Gasteiger partial charge >= 0.3 is 6.03 Å². The minimum atomic E-state index is -0.441. The van der Waals surface area contributed by atoms with E-state index in [0.29, 0.717) is 10.7 Å². The zero-order chi connectivity index (χ0) is 22.4. The van der Waals surface area contributed by atoms with Crippen LogP contribution in [0.4, 0.5) is 9.18 Å². The minimum Gasteiger partial charge on any atom is -0.483 e. The molecule has 0 radical (unpaired) electrons. The highest BCUT2D eigenvalue weighted by Crippen LogP contribution is 2.21. The number of carbonyl (C=O) groups is 2. The third-order valence-electron chi connectivity index (χ3n) is 4.86. The molecule has 3 N–H and O–H groups in total. The molecule has 1 aliphatic carbocycles.